The Morgan fingerprint density at radius 1 is 1.03 bits per heavy atom. The number of carbonyl (C=O) groups excluding carboxylic acids is 2. The third kappa shape index (κ3) is 5.26. The van der Waals surface area contributed by atoms with Crippen LogP contribution < -0.4 is 5.32 Å². The molecule has 31 heavy (non-hydrogen) atoms. The normalized spacial score (nSPS) is 15.2. The standard InChI is InChI=1S/C22H25ClN2O5S/c1-15-7-8-16(22(27)30-2)13-20(15)24-21(26)18-14-17(9-10-19(18)23)31(28,29)25-11-5-3-4-6-12-25/h7-10,13-14H,3-6,11-12H2,1-2H3,(H,24,26). The summed E-state index contributed by atoms with van der Waals surface area (Å²) in [5, 5.41) is 2.85. The van der Waals surface area contributed by atoms with Crippen molar-refractivity contribution >= 4 is 39.2 Å². The Hall–Kier alpha value is -2.42. The second-order valence-electron chi connectivity index (χ2n) is 7.44. The lowest BCUT2D eigenvalue weighted by atomic mass is 10.1. The zero-order valence-electron chi connectivity index (χ0n) is 17.5. The van der Waals surface area contributed by atoms with E-state index in [1.165, 1.54) is 35.7 Å². The molecule has 2 aromatic rings. The molecular weight excluding hydrogens is 440 g/mol. The maximum atomic E-state index is 13.1. The zero-order chi connectivity index (χ0) is 22.6. The van der Waals surface area contributed by atoms with Gasteiger partial charge in [-0.15, -0.1) is 0 Å². The number of sulfonamides is 1. The Kier molecular flexibility index (Phi) is 7.35. The van der Waals surface area contributed by atoms with Crippen molar-refractivity contribution in [2.45, 2.75) is 37.5 Å². The van der Waals surface area contributed by atoms with Crippen molar-refractivity contribution in [2.24, 2.45) is 0 Å². The molecule has 1 aliphatic heterocycles. The van der Waals surface area contributed by atoms with Gasteiger partial charge in [0.15, 0.2) is 0 Å². The second-order valence-corrected chi connectivity index (χ2v) is 9.78. The van der Waals surface area contributed by atoms with Gasteiger partial charge in [-0.1, -0.05) is 30.5 Å². The molecule has 9 heteroatoms. The zero-order valence-corrected chi connectivity index (χ0v) is 19.1. The maximum absolute atomic E-state index is 13.1. The molecule has 0 bridgehead atoms. The van der Waals surface area contributed by atoms with Gasteiger partial charge in [0.25, 0.3) is 5.91 Å². The van der Waals surface area contributed by atoms with E-state index in [9.17, 15) is 18.0 Å². The number of esters is 1. The van der Waals surface area contributed by atoms with Crippen LogP contribution in [0.2, 0.25) is 5.02 Å². The smallest absolute Gasteiger partial charge is 0.337 e. The van der Waals surface area contributed by atoms with Gasteiger partial charge in [-0.2, -0.15) is 4.31 Å². The number of benzene rings is 2. The number of methoxy groups -OCH3 is 1. The second kappa shape index (κ2) is 9.80. The Bertz CT molecular complexity index is 1090. The van der Waals surface area contributed by atoms with Crippen LogP contribution in [0.15, 0.2) is 41.3 Å². The van der Waals surface area contributed by atoms with E-state index >= 15 is 0 Å². The summed E-state index contributed by atoms with van der Waals surface area (Å²) in [4.78, 5) is 24.7. The van der Waals surface area contributed by atoms with Gasteiger partial charge in [-0.05, 0) is 55.7 Å². The van der Waals surface area contributed by atoms with Gasteiger partial charge < -0.3 is 10.1 Å². The van der Waals surface area contributed by atoms with E-state index in [0.29, 0.717) is 18.8 Å². The minimum atomic E-state index is -3.73. The van der Waals surface area contributed by atoms with Gasteiger partial charge in [-0.3, -0.25) is 4.79 Å². The molecule has 1 amide bonds. The first-order valence-corrected chi connectivity index (χ1v) is 11.9. The van der Waals surface area contributed by atoms with Crippen LogP contribution in [-0.2, 0) is 14.8 Å². The van der Waals surface area contributed by atoms with Crippen molar-refractivity contribution in [1.29, 1.82) is 0 Å². The summed E-state index contributed by atoms with van der Waals surface area (Å²) in [7, 11) is -2.45. The first kappa shape index (κ1) is 23.2. The van der Waals surface area contributed by atoms with Crippen LogP contribution in [0.5, 0.6) is 0 Å². The summed E-state index contributed by atoms with van der Waals surface area (Å²) in [5.74, 6) is -1.10. The Morgan fingerprint density at radius 2 is 1.71 bits per heavy atom. The third-order valence-corrected chi connectivity index (χ3v) is 7.52. The Labute approximate surface area is 187 Å². The largest absolute Gasteiger partial charge is 0.465 e. The molecule has 0 saturated carbocycles. The Morgan fingerprint density at radius 3 is 2.35 bits per heavy atom. The van der Waals surface area contributed by atoms with Gasteiger partial charge in [0.05, 0.1) is 28.2 Å². The van der Waals surface area contributed by atoms with E-state index in [4.69, 9.17) is 16.3 Å². The molecule has 0 aliphatic carbocycles. The highest BCUT2D eigenvalue weighted by Gasteiger charge is 2.27. The summed E-state index contributed by atoms with van der Waals surface area (Å²) in [6, 6.07) is 8.92. The average molecular weight is 465 g/mol. The minimum absolute atomic E-state index is 0.0315. The van der Waals surface area contributed by atoms with Crippen LogP contribution >= 0.6 is 11.6 Å². The van der Waals surface area contributed by atoms with Gasteiger partial charge in [-0.25, -0.2) is 13.2 Å². The lowest BCUT2D eigenvalue weighted by molar-refractivity contribution is 0.0600. The highest BCUT2D eigenvalue weighted by Crippen LogP contribution is 2.26. The molecule has 1 saturated heterocycles. The van der Waals surface area contributed by atoms with Crippen LogP contribution in [0.1, 0.15) is 52.0 Å². The molecule has 0 spiro atoms. The molecule has 0 aromatic heterocycles. The van der Waals surface area contributed by atoms with Crippen molar-refractivity contribution in [3.05, 3.63) is 58.1 Å². The van der Waals surface area contributed by atoms with E-state index in [1.54, 1.807) is 19.1 Å². The Balaban J connectivity index is 1.90. The molecule has 0 radical (unpaired) electrons. The quantitative estimate of drug-likeness (QED) is 0.667. The topological polar surface area (TPSA) is 92.8 Å². The predicted octanol–water partition coefficient (Wildman–Crippen LogP) is 4.25. The van der Waals surface area contributed by atoms with Crippen molar-refractivity contribution < 1.29 is 22.7 Å². The van der Waals surface area contributed by atoms with Gasteiger partial charge in [0, 0.05) is 18.8 Å². The molecule has 1 N–H and O–H groups in total. The summed E-state index contributed by atoms with van der Waals surface area (Å²) >= 11 is 6.22. The molecule has 0 atom stereocenters. The maximum Gasteiger partial charge on any atom is 0.337 e. The van der Waals surface area contributed by atoms with E-state index in [0.717, 1.165) is 31.2 Å². The van der Waals surface area contributed by atoms with E-state index in [1.807, 2.05) is 0 Å². The highest BCUT2D eigenvalue weighted by atomic mass is 35.5. The molecule has 1 aliphatic rings. The van der Waals surface area contributed by atoms with Crippen molar-refractivity contribution in [3.63, 3.8) is 0 Å². The molecule has 166 valence electrons. The molecule has 1 heterocycles. The van der Waals surface area contributed by atoms with Crippen molar-refractivity contribution in [1.82, 2.24) is 4.31 Å². The van der Waals surface area contributed by atoms with Crippen LogP contribution in [0.3, 0.4) is 0 Å². The SMILES string of the molecule is COC(=O)c1ccc(C)c(NC(=O)c2cc(S(=O)(=O)N3CCCCCC3)ccc2Cl)c1. The van der Waals surface area contributed by atoms with E-state index in [-0.39, 0.29) is 21.0 Å². The van der Waals surface area contributed by atoms with Crippen molar-refractivity contribution in [2.75, 3.05) is 25.5 Å². The molecular formula is C22H25ClN2O5S. The van der Waals surface area contributed by atoms with E-state index in [2.05, 4.69) is 5.32 Å². The minimum Gasteiger partial charge on any atom is -0.465 e. The number of carbonyl (C=O) groups is 2. The van der Waals surface area contributed by atoms with E-state index < -0.39 is 21.9 Å². The number of rotatable bonds is 5. The number of halogens is 1. The first-order chi connectivity index (χ1) is 14.7. The molecule has 7 nitrogen and oxygen atoms in total. The lowest BCUT2D eigenvalue weighted by Crippen LogP contribution is -2.32. The molecule has 2 aromatic carbocycles. The van der Waals surface area contributed by atoms with Crippen LogP contribution in [0.25, 0.3) is 0 Å². The van der Waals surface area contributed by atoms with Gasteiger partial charge >= 0.3 is 5.97 Å². The van der Waals surface area contributed by atoms with Crippen LogP contribution in [-0.4, -0.2) is 44.8 Å². The number of nitrogens with one attached hydrogen (secondary N) is 1. The third-order valence-electron chi connectivity index (χ3n) is 5.29. The number of hydrogen-bond donors (Lipinski definition) is 1. The number of aryl methyl sites for hydroxylation is 1. The number of hydrogen-bond acceptors (Lipinski definition) is 5. The van der Waals surface area contributed by atoms with Crippen LogP contribution in [0, 0.1) is 6.92 Å². The molecule has 0 unspecified atom stereocenters. The summed E-state index contributed by atoms with van der Waals surface area (Å²) in [5.41, 5.74) is 1.46. The fourth-order valence-corrected chi connectivity index (χ4v) is 5.21. The first-order valence-electron chi connectivity index (χ1n) is 10.0. The number of nitrogens with zero attached hydrogens (tertiary/aromatic N) is 1. The summed E-state index contributed by atoms with van der Waals surface area (Å²) in [6.07, 6.45) is 3.64. The monoisotopic (exact) mass is 464 g/mol. The van der Waals surface area contributed by atoms with Crippen molar-refractivity contribution in [3.8, 4) is 0 Å². The fourth-order valence-electron chi connectivity index (χ4n) is 3.46. The fraction of sp³-hybridized carbons (Fsp3) is 0.364. The summed E-state index contributed by atoms with van der Waals surface area (Å²) in [6.45, 7) is 2.70. The molecule has 3 rings (SSSR count). The average Bonchev–Trinajstić information content (AvgIpc) is 3.05. The number of amides is 1. The number of ether oxygens (including phenoxy) is 1. The van der Waals surface area contributed by atoms with Gasteiger partial charge in [0.2, 0.25) is 10.0 Å². The summed E-state index contributed by atoms with van der Waals surface area (Å²) < 4.78 is 32.4. The van der Waals surface area contributed by atoms with Crippen LogP contribution in [0.4, 0.5) is 5.69 Å². The number of anilines is 1. The van der Waals surface area contributed by atoms with Gasteiger partial charge in [0.1, 0.15) is 0 Å². The molecule has 1 fully saturated rings. The predicted molar refractivity (Wildman–Crippen MR) is 119 cm³/mol. The lowest BCUT2D eigenvalue weighted by Gasteiger charge is -2.20. The highest BCUT2D eigenvalue weighted by molar-refractivity contribution is 7.89.